The van der Waals surface area contributed by atoms with Gasteiger partial charge in [-0.3, -0.25) is 9.59 Å². The summed E-state index contributed by atoms with van der Waals surface area (Å²) in [5.74, 6) is 0.835. The van der Waals surface area contributed by atoms with Crippen LogP contribution in [0, 0.1) is 0 Å². The summed E-state index contributed by atoms with van der Waals surface area (Å²) in [4.78, 5) is 24.5. The van der Waals surface area contributed by atoms with Crippen LogP contribution in [-0.4, -0.2) is 28.9 Å². The molecule has 1 amide bonds. The fraction of sp³-hybridized carbons (Fsp3) is 0.150. The molecule has 0 fully saturated rings. The highest BCUT2D eigenvalue weighted by atomic mass is 35.5. The molecule has 0 atom stereocenters. The predicted octanol–water partition coefficient (Wildman–Crippen LogP) is 2.97. The number of fused-ring (bicyclic) bond motifs is 1. The maximum absolute atomic E-state index is 12.4. The molecule has 2 aromatic carbocycles. The molecule has 142 valence electrons. The Morgan fingerprint density at radius 1 is 1.04 bits per heavy atom. The SMILES string of the molecule is O=C(Cn1nc(-c2ccc(Cl)cc2)ccc1=O)Nc1ccc2c(c1)OCCO2. The summed E-state index contributed by atoms with van der Waals surface area (Å²) in [5, 5.41) is 7.63. The van der Waals surface area contributed by atoms with Crippen molar-refractivity contribution in [3.05, 3.63) is 70.0 Å². The lowest BCUT2D eigenvalue weighted by Crippen LogP contribution is -2.29. The van der Waals surface area contributed by atoms with E-state index >= 15 is 0 Å². The van der Waals surface area contributed by atoms with Gasteiger partial charge in [0.25, 0.3) is 5.56 Å². The highest BCUT2D eigenvalue weighted by molar-refractivity contribution is 6.30. The van der Waals surface area contributed by atoms with Crippen molar-refractivity contribution in [2.24, 2.45) is 0 Å². The molecule has 0 unspecified atom stereocenters. The number of aromatic nitrogens is 2. The van der Waals surface area contributed by atoms with E-state index < -0.39 is 0 Å². The summed E-state index contributed by atoms with van der Waals surface area (Å²) in [6.07, 6.45) is 0. The molecule has 0 spiro atoms. The van der Waals surface area contributed by atoms with E-state index in [4.69, 9.17) is 21.1 Å². The van der Waals surface area contributed by atoms with Crippen molar-refractivity contribution in [2.75, 3.05) is 18.5 Å². The number of nitrogens with zero attached hydrogens (tertiary/aromatic N) is 2. The smallest absolute Gasteiger partial charge is 0.267 e. The van der Waals surface area contributed by atoms with E-state index in [9.17, 15) is 9.59 Å². The minimum Gasteiger partial charge on any atom is -0.486 e. The second-order valence-corrected chi connectivity index (χ2v) is 6.56. The topological polar surface area (TPSA) is 82.5 Å². The first-order chi connectivity index (χ1) is 13.6. The molecule has 1 aliphatic heterocycles. The van der Waals surface area contributed by atoms with E-state index in [1.807, 2.05) is 0 Å². The monoisotopic (exact) mass is 397 g/mol. The van der Waals surface area contributed by atoms with Crippen molar-refractivity contribution in [2.45, 2.75) is 6.54 Å². The van der Waals surface area contributed by atoms with Crippen LogP contribution in [0.1, 0.15) is 0 Å². The van der Waals surface area contributed by atoms with E-state index in [1.54, 1.807) is 48.5 Å². The van der Waals surface area contributed by atoms with Crippen molar-refractivity contribution in [3.8, 4) is 22.8 Å². The normalized spacial score (nSPS) is 12.5. The summed E-state index contributed by atoms with van der Waals surface area (Å²) >= 11 is 5.90. The molecule has 28 heavy (non-hydrogen) atoms. The molecule has 1 N–H and O–H groups in total. The third-order valence-corrected chi connectivity index (χ3v) is 4.38. The molecule has 0 bridgehead atoms. The molecule has 1 aliphatic rings. The van der Waals surface area contributed by atoms with E-state index in [-0.39, 0.29) is 18.0 Å². The van der Waals surface area contributed by atoms with Gasteiger partial charge < -0.3 is 14.8 Å². The van der Waals surface area contributed by atoms with Gasteiger partial charge >= 0.3 is 0 Å². The molecule has 2 heterocycles. The first-order valence-corrected chi connectivity index (χ1v) is 9.00. The minimum atomic E-state index is -0.375. The third-order valence-electron chi connectivity index (χ3n) is 4.13. The number of amides is 1. The van der Waals surface area contributed by atoms with Crippen molar-refractivity contribution < 1.29 is 14.3 Å². The van der Waals surface area contributed by atoms with Gasteiger partial charge in [-0.15, -0.1) is 0 Å². The molecule has 8 heteroatoms. The number of halogens is 1. The van der Waals surface area contributed by atoms with Crippen molar-refractivity contribution >= 4 is 23.2 Å². The second-order valence-electron chi connectivity index (χ2n) is 6.13. The summed E-state index contributed by atoms with van der Waals surface area (Å²) in [7, 11) is 0. The van der Waals surface area contributed by atoms with Crippen LogP contribution >= 0.6 is 11.6 Å². The average molecular weight is 398 g/mol. The van der Waals surface area contributed by atoms with Crippen LogP contribution < -0.4 is 20.3 Å². The molecular formula is C20H16ClN3O4. The van der Waals surface area contributed by atoms with Crippen LogP contribution in [0.4, 0.5) is 5.69 Å². The zero-order chi connectivity index (χ0) is 19.5. The van der Waals surface area contributed by atoms with Gasteiger partial charge in [-0.1, -0.05) is 23.7 Å². The van der Waals surface area contributed by atoms with Crippen molar-refractivity contribution in [1.29, 1.82) is 0 Å². The molecule has 0 radical (unpaired) electrons. The van der Waals surface area contributed by atoms with Gasteiger partial charge in [0.2, 0.25) is 5.91 Å². The highest BCUT2D eigenvalue weighted by Crippen LogP contribution is 2.32. The van der Waals surface area contributed by atoms with E-state index in [2.05, 4.69) is 10.4 Å². The first kappa shape index (κ1) is 18.1. The average Bonchev–Trinajstić information content (AvgIpc) is 2.70. The number of hydrogen-bond acceptors (Lipinski definition) is 5. The van der Waals surface area contributed by atoms with Gasteiger partial charge in [-0.25, -0.2) is 4.68 Å². The van der Waals surface area contributed by atoms with Crippen molar-refractivity contribution in [1.82, 2.24) is 9.78 Å². The molecule has 7 nitrogen and oxygen atoms in total. The zero-order valence-corrected chi connectivity index (χ0v) is 15.5. The van der Waals surface area contributed by atoms with Gasteiger partial charge in [0, 0.05) is 28.4 Å². The number of anilines is 1. The third kappa shape index (κ3) is 3.99. The molecular weight excluding hydrogens is 382 g/mol. The quantitative estimate of drug-likeness (QED) is 0.731. The fourth-order valence-electron chi connectivity index (χ4n) is 2.79. The highest BCUT2D eigenvalue weighted by Gasteiger charge is 2.14. The molecule has 0 saturated heterocycles. The van der Waals surface area contributed by atoms with Gasteiger partial charge in [-0.2, -0.15) is 5.10 Å². The van der Waals surface area contributed by atoms with Crippen LogP contribution in [-0.2, 0) is 11.3 Å². The van der Waals surface area contributed by atoms with Gasteiger partial charge in [0.05, 0.1) is 5.69 Å². The number of ether oxygens (including phenoxy) is 2. The Balaban J connectivity index is 1.50. The number of rotatable bonds is 4. The molecule has 3 aromatic rings. The second kappa shape index (κ2) is 7.74. The number of carbonyl (C=O) groups excluding carboxylic acids is 1. The minimum absolute atomic E-state index is 0.214. The lowest BCUT2D eigenvalue weighted by molar-refractivity contribution is -0.117. The summed E-state index contributed by atoms with van der Waals surface area (Å²) < 4.78 is 12.1. The lowest BCUT2D eigenvalue weighted by Gasteiger charge is -2.19. The molecule has 4 rings (SSSR count). The number of benzene rings is 2. The summed E-state index contributed by atoms with van der Waals surface area (Å²) in [5.41, 5.74) is 1.56. The van der Waals surface area contributed by atoms with Crippen LogP contribution in [0.5, 0.6) is 11.5 Å². The Bertz CT molecular complexity index is 1080. The Labute approximate surface area is 165 Å². The van der Waals surface area contributed by atoms with E-state index in [0.717, 1.165) is 10.2 Å². The van der Waals surface area contributed by atoms with Gasteiger partial charge in [0.1, 0.15) is 19.8 Å². The van der Waals surface area contributed by atoms with Crippen LogP contribution in [0.3, 0.4) is 0 Å². The first-order valence-electron chi connectivity index (χ1n) is 8.62. The Morgan fingerprint density at radius 2 is 1.79 bits per heavy atom. The Hall–Kier alpha value is -3.32. The summed E-state index contributed by atoms with van der Waals surface area (Å²) in [6, 6.07) is 15.2. The maximum Gasteiger partial charge on any atom is 0.267 e. The van der Waals surface area contributed by atoms with Crippen LogP contribution in [0.15, 0.2) is 59.4 Å². The van der Waals surface area contributed by atoms with Gasteiger partial charge in [-0.05, 0) is 30.3 Å². The van der Waals surface area contributed by atoms with Crippen LogP contribution in [0.25, 0.3) is 11.3 Å². The molecule has 1 aromatic heterocycles. The number of carbonyl (C=O) groups is 1. The maximum atomic E-state index is 12.4. The fourth-order valence-corrected chi connectivity index (χ4v) is 2.92. The number of nitrogens with one attached hydrogen (secondary N) is 1. The molecule has 0 aliphatic carbocycles. The lowest BCUT2D eigenvalue weighted by atomic mass is 10.1. The van der Waals surface area contributed by atoms with E-state index in [0.29, 0.717) is 41.1 Å². The zero-order valence-electron chi connectivity index (χ0n) is 14.7. The standard InChI is InChI=1S/C20H16ClN3O4/c21-14-3-1-13(2-4-14)16-6-8-20(26)24(23-16)12-19(25)22-15-5-7-17-18(11-15)28-10-9-27-17/h1-8,11H,9-10,12H2,(H,22,25). The summed E-state index contributed by atoms with van der Waals surface area (Å²) in [6.45, 7) is 0.743. The molecule has 0 saturated carbocycles. The van der Waals surface area contributed by atoms with E-state index in [1.165, 1.54) is 6.07 Å². The number of hydrogen-bond donors (Lipinski definition) is 1. The Kier molecular flexibility index (Phi) is 4.99. The van der Waals surface area contributed by atoms with Crippen LogP contribution in [0.2, 0.25) is 5.02 Å². The van der Waals surface area contributed by atoms with Crippen molar-refractivity contribution in [3.63, 3.8) is 0 Å². The largest absolute Gasteiger partial charge is 0.486 e. The van der Waals surface area contributed by atoms with Gasteiger partial charge in [0.15, 0.2) is 11.5 Å². The Morgan fingerprint density at radius 3 is 2.57 bits per heavy atom. The predicted molar refractivity (Wildman–Crippen MR) is 105 cm³/mol.